The van der Waals surface area contributed by atoms with Gasteiger partial charge in [0.25, 0.3) is 0 Å². The zero-order valence-electron chi connectivity index (χ0n) is 29.8. The van der Waals surface area contributed by atoms with Crippen LogP contribution in [0.5, 0.6) is 0 Å². The average Bonchev–Trinajstić information content (AvgIpc) is 3.90. The molecule has 0 radical (unpaired) electrons. The first-order valence-electron chi connectivity index (χ1n) is 14.5. The summed E-state index contributed by atoms with van der Waals surface area (Å²) in [6.07, 6.45) is -1.77. The molecule has 64 heavy (non-hydrogen) atoms. The molecule has 2 aliphatic heterocycles. The van der Waals surface area contributed by atoms with Gasteiger partial charge in [0, 0.05) is 364 Å². The molecule has 2 aliphatic rings. The normalized spacial score (nSPS) is 16.6. The minimum absolute atomic E-state index is 0.0714. The van der Waals surface area contributed by atoms with E-state index in [0.29, 0.717) is 20.3 Å². The van der Waals surface area contributed by atoms with Gasteiger partial charge < -0.3 is 9.64 Å². The highest BCUT2D eigenvalue weighted by molar-refractivity contribution is 8.80. The quantitative estimate of drug-likeness (QED) is 0.434. The van der Waals surface area contributed by atoms with Crippen LogP contribution < -0.4 is 0 Å². The maximum absolute atomic E-state index is 13.3. The molecule has 0 saturated carbocycles. The van der Waals surface area contributed by atoms with E-state index in [2.05, 4.69) is 5.10 Å². The third-order valence-corrected chi connectivity index (χ3v) is 78.9. The van der Waals surface area contributed by atoms with Crippen molar-refractivity contribution in [3.8, 4) is 0 Å². The van der Waals surface area contributed by atoms with Gasteiger partial charge in [-0.15, -0.1) is 11.3 Å². The van der Waals surface area contributed by atoms with E-state index in [9.17, 15) is 22.8 Å². The molecule has 1 fully saturated rings. The lowest BCUT2D eigenvalue weighted by atomic mass is 9.77. The van der Waals surface area contributed by atoms with Crippen LogP contribution in [0.1, 0.15) is 46.6 Å². The van der Waals surface area contributed by atoms with Gasteiger partial charge in [-0.2, -0.15) is 18.3 Å². The first-order valence-corrected chi connectivity index (χ1v) is 61.1. The number of fused-ring (bicyclic) bond motifs is 2. The number of aromatic nitrogens is 2. The van der Waals surface area contributed by atoms with Crippen LogP contribution in [0.3, 0.4) is 0 Å². The van der Waals surface area contributed by atoms with E-state index in [4.69, 9.17) is 38.7 Å². The second-order valence-corrected chi connectivity index (χ2v) is 69.7. The summed E-state index contributed by atoms with van der Waals surface area (Å²) in [6, 6.07) is -0.126. The first kappa shape index (κ1) is 64.1. The molecular formula is C18H17ClF3N3O3S36. The van der Waals surface area contributed by atoms with E-state index in [1.165, 1.54) is 40.0 Å². The number of alkyl halides is 3. The Balaban J connectivity index is 0.000000344. The Morgan fingerprint density at radius 1 is 0.719 bits per heavy atom. The highest BCUT2D eigenvalue weighted by Gasteiger charge is 2.55. The van der Waals surface area contributed by atoms with Crippen LogP contribution >= 0.6 is 22.9 Å². The van der Waals surface area contributed by atoms with Gasteiger partial charge in [0.1, 0.15) is 12.2 Å². The molecule has 4 heterocycles. The largest absolute Gasteiger partial charge is 0.471 e. The molecule has 366 valence electrons. The topological polar surface area (TPSA) is 64.4 Å². The van der Waals surface area contributed by atoms with Gasteiger partial charge in [-0.05, 0) is 13.0 Å². The SMILES string of the molecule is CC1CC2(CC(c3cnn(C)c3)N1C(=O)C(F)(F)F)OCC(=O)c1cc(Cl)sc12.S=S=S=S=S=S=S=S=S=S=S=S=S=S=S=S=S=S=S=S=S=S=S=S=S=S=S=S=S=S=S=S=S=S=S. The molecule has 3 unspecified atom stereocenters. The zero-order valence-corrected chi connectivity index (χ0v) is 59.9. The van der Waals surface area contributed by atoms with Crippen molar-refractivity contribution in [2.75, 3.05) is 6.61 Å². The second kappa shape index (κ2) is 39.2. The number of thiophene rings is 1. The van der Waals surface area contributed by atoms with Gasteiger partial charge in [-0.3, -0.25) is 14.3 Å². The van der Waals surface area contributed by atoms with E-state index in [1.807, 2.05) is 169 Å². The monoisotopic (exact) mass is 1570 g/mol. The summed E-state index contributed by atoms with van der Waals surface area (Å²) in [5.74, 6) is -2.11. The summed E-state index contributed by atoms with van der Waals surface area (Å²) in [4.78, 5) is 26.0. The molecule has 2 aromatic rings. The lowest BCUT2D eigenvalue weighted by molar-refractivity contribution is -0.200. The van der Waals surface area contributed by atoms with Gasteiger partial charge in [-0.25, -0.2) is 0 Å². The molecule has 1 amide bonds. The van der Waals surface area contributed by atoms with Crippen LogP contribution in [0.25, 0.3) is 0 Å². The average molecular weight is 1570 g/mol. The number of amides is 1. The summed E-state index contributed by atoms with van der Waals surface area (Å²) in [6.45, 7) is 1.38. The minimum atomic E-state index is -5.00. The molecule has 6 nitrogen and oxygen atoms in total. The molecular weight excluding hydrogens is 1550 g/mol. The van der Waals surface area contributed by atoms with Gasteiger partial charge >= 0.3 is 12.1 Å². The Morgan fingerprint density at radius 2 is 1.09 bits per heavy atom. The first-order chi connectivity index (χ1) is 30.9. The Labute approximate surface area is 478 Å². The minimum Gasteiger partial charge on any atom is -0.361 e. The van der Waals surface area contributed by atoms with Crippen LogP contribution in [0.2, 0.25) is 4.34 Å². The number of aryl methyl sites for hydroxylation is 1. The number of nitrogens with zero attached hydrogens (tertiary/aromatic N) is 3. The van der Waals surface area contributed by atoms with E-state index >= 15 is 0 Å². The molecule has 46 heteroatoms. The van der Waals surface area contributed by atoms with Crippen molar-refractivity contribution < 1.29 is 27.5 Å². The number of piperidine rings is 1. The Hall–Kier alpha value is 5.79. The number of ketones is 1. The highest BCUT2D eigenvalue weighted by atomic mass is 35.5. The molecule has 0 aromatic carbocycles. The van der Waals surface area contributed by atoms with Crippen LogP contribution in [0.4, 0.5) is 13.2 Å². The summed E-state index contributed by atoms with van der Waals surface area (Å²) in [7, 11) is 59.9. The molecule has 2 aromatic heterocycles. The number of halogens is 4. The van der Waals surface area contributed by atoms with E-state index in [0.717, 1.165) is 4.90 Å². The number of carbonyl (C=O) groups excluding carboxylic acids is 2. The van der Waals surface area contributed by atoms with Crippen LogP contribution in [0.15, 0.2) is 18.5 Å². The highest BCUT2D eigenvalue weighted by Crippen LogP contribution is 2.53. The predicted molar refractivity (Wildman–Crippen MR) is 357 cm³/mol. The molecule has 4 rings (SSSR count). The van der Waals surface area contributed by atoms with Crippen molar-refractivity contribution in [3.63, 3.8) is 0 Å². The Kier molecular flexibility index (Phi) is 39.3. The van der Waals surface area contributed by atoms with Crippen LogP contribution in [-0.2, 0) is 338 Å². The maximum atomic E-state index is 13.3. The smallest absolute Gasteiger partial charge is 0.361 e. The van der Waals surface area contributed by atoms with Crippen molar-refractivity contribution in [2.45, 2.75) is 43.6 Å². The third-order valence-electron chi connectivity index (χ3n) is 6.33. The van der Waals surface area contributed by atoms with Crippen molar-refractivity contribution in [1.29, 1.82) is 0 Å². The number of rotatable bonds is 1. The third kappa shape index (κ3) is 26.5. The van der Waals surface area contributed by atoms with Crippen molar-refractivity contribution >= 4 is 350 Å². The van der Waals surface area contributed by atoms with Gasteiger partial charge in [-0.1, -0.05) is 11.6 Å². The lowest BCUT2D eigenvalue weighted by Gasteiger charge is -2.50. The number of Topliss-reactive ketones (excluding diaryl/α,β-unsaturated/α-hetero) is 1. The van der Waals surface area contributed by atoms with Crippen molar-refractivity contribution in [2.24, 2.45) is 7.05 Å². The standard InChI is InChI=1S/C18H17ClF3N3O3S.S35/c1-9-4-17(15-11(3-14(19)29-15)13(26)8-28-17)5-12(10-6-23-24(2)7-10)25(9)16(27)18(20,21)22;1-3-5-7-9-11-13-15-17-19-21-23-25-27-29-31-33-35-34-32-30-28-26-24-22-20-18-16-14-12-10-8-6-4-2/h3,6-7,9,12H,4-5,8H2,1-2H3;. The number of hydrogen-bond donors (Lipinski definition) is 0. The molecule has 0 bridgehead atoms. The second-order valence-electron chi connectivity index (χ2n) is 9.68. The number of likely N-dealkylation sites (tertiary alicyclic amines) is 1. The van der Waals surface area contributed by atoms with E-state index < -0.39 is 29.8 Å². The molecule has 0 N–H and O–H groups in total. The van der Waals surface area contributed by atoms with Crippen LogP contribution in [0, 0.1) is 0 Å². The molecule has 1 saturated heterocycles. The molecule has 0 aliphatic carbocycles. The predicted octanol–water partition coefficient (Wildman–Crippen LogP) is 3.77. The molecule has 1 spiro atoms. The summed E-state index contributed by atoms with van der Waals surface area (Å²) in [5.41, 5.74) is -0.0803. The Morgan fingerprint density at radius 3 is 1.42 bits per heavy atom. The van der Waals surface area contributed by atoms with E-state index in [1.54, 1.807) is 133 Å². The summed E-state index contributed by atoms with van der Waals surface area (Å²) < 4.78 is 47.8. The molecule has 3 atom stereocenters. The maximum Gasteiger partial charge on any atom is 0.471 e. The fourth-order valence-corrected chi connectivity index (χ4v) is 91.1. The van der Waals surface area contributed by atoms with E-state index in [-0.39, 0.29) is 25.2 Å². The lowest BCUT2D eigenvalue weighted by Crippen LogP contribution is -2.56. The van der Waals surface area contributed by atoms with Crippen molar-refractivity contribution in [1.82, 2.24) is 14.7 Å². The number of ether oxygens (including phenoxy) is 1. The fourth-order valence-electron chi connectivity index (χ4n) is 4.66. The Bertz CT molecular complexity index is 3510. The van der Waals surface area contributed by atoms with Gasteiger partial charge in [0.05, 0.1) is 16.6 Å². The van der Waals surface area contributed by atoms with Gasteiger partial charge in [0.15, 0.2) is 5.78 Å². The van der Waals surface area contributed by atoms with Crippen LogP contribution in [-0.4, -0.2) is 45.2 Å². The number of carbonyl (C=O) groups is 2. The zero-order chi connectivity index (χ0) is 46.5. The fraction of sp³-hybridized carbons (Fsp3) is 0.500. The number of hydrogen-bond acceptors (Lipinski definition) is 7. The van der Waals surface area contributed by atoms with Gasteiger partial charge in [0.2, 0.25) is 0 Å². The van der Waals surface area contributed by atoms with Crippen molar-refractivity contribution in [3.05, 3.63) is 38.8 Å². The summed E-state index contributed by atoms with van der Waals surface area (Å²) >= 11 is 16.9. The summed E-state index contributed by atoms with van der Waals surface area (Å²) in [5, 5.41) is 4.05.